The highest BCUT2D eigenvalue weighted by Crippen LogP contribution is 2.60. The minimum absolute atomic E-state index is 0.0964. The lowest BCUT2D eigenvalue weighted by Crippen LogP contribution is -2.54. The molecule has 3 fully saturated rings. The fourth-order valence-corrected chi connectivity index (χ4v) is 6.37. The van der Waals surface area contributed by atoms with Crippen molar-refractivity contribution in [3.63, 3.8) is 0 Å². The summed E-state index contributed by atoms with van der Waals surface area (Å²) in [4.78, 5) is 44.2. The molecule has 3 saturated heterocycles. The average molecular weight is 452 g/mol. The molecule has 4 atom stereocenters. The molecule has 1 N–H and O–H groups in total. The van der Waals surface area contributed by atoms with Gasteiger partial charge in [-0.25, -0.2) is 4.90 Å². The number of nitrogens with one attached hydrogen (secondary N) is 1. The van der Waals surface area contributed by atoms with E-state index < -0.39 is 17.4 Å². The highest BCUT2D eigenvalue weighted by molar-refractivity contribution is 9.10. The normalized spacial score (nSPS) is 32.7. The SMILES string of the molecule is O=C1[C@H]2[C@@H](C(=O)N1c1ccccc1)[C@]1(C(=O)Nc3ccc(Br)cc31)N1CCC[C@@H]21. The van der Waals surface area contributed by atoms with E-state index in [1.54, 1.807) is 12.1 Å². The van der Waals surface area contributed by atoms with E-state index in [1.807, 2.05) is 36.4 Å². The Morgan fingerprint density at radius 1 is 1.03 bits per heavy atom. The van der Waals surface area contributed by atoms with Crippen LogP contribution in [-0.4, -0.2) is 35.2 Å². The molecule has 0 aliphatic carbocycles. The van der Waals surface area contributed by atoms with Crippen molar-refractivity contribution in [2.75, 3.05) is 16.8 Å². The fraction of sp³-hybridized carbons (Fsp3) is 0.318. The minimum Gasteiger partial charge on any atom is -0.324 e. The van der Waals surface area contributed by atoms with Gasteiger partial charge in [-0.1, -0.05) is 34.1 Å². The maximum absolute atomic E-state index is 13.7. The molecule has 6 rings (SSSR count). The number of halogens is 1. The van der Waals surface area contributed by atoms with Gasteiger partial charge in [-0.15, -0.1) is 0 Å². The Hall–Kier alpha value is -2.51. The van der Waals surface area contributed by atoms with Crippen LogP contribution in [0.4, 0.5) is 11.4 Å². The molecule has 0 bridgehead atoms. The predicted molar refractivity (Wildman–Crippen MR) is 110 cm³/mol. The monoisotopic (exact) mass is 451 g/mol. The third-order valence-corrected chi connectivity index (χ3v) is 7.46. The lowest BCUT2D eigenvalue weighted by Gasteiger charge is -2.36. The first-order valence-corrected chi connectivity index (χ1v) is 10.7. The number of benzene rings is 2. The van der Waals surface area contributed by atoms with E-state index in [9.17, 15) is 14.4 Å². The van der Waals surface area contributed by atoms with Crippen molar-refractivity contribution in [2.45, 2.75) is 24.4 Å². The number of carbonyl (C=O) groups excluding carboxylic acids is 3. The van der Waals surface area contributed by atoms with Gasteiger partial charge in [-0.2, -0.15) is 0 Å². The molecule has 2 aromatic rings. The van der Waals surface area contributed by atoms with Crippen molar-refractivity contribution in [3.05, 3.63) is 58.6 Å². The molecule has 4 aliphatic heterocycles. The molecule has 146 valence electrons. The van der Waals surface area contributed by atoms with Crippen LogP contribution in [0.5, 0.6) is 0 Å². The summed E-state index contributed by atoms with van der Waals surface area (Å²) in [6.07, 6.45) is 1.74. The molecule has 0 saturated carbocycles. The van der Waals surface area contributed by atoms with Crippen LogP contribution in [0.1, 0.15) is 18.4 Å². The van der Waals surface area contributed by atoms with Crippen molar-refractivity contribution < 1.29 is 14.4 Å². The number of para-hydroxylation sites is 1. The van der Waals surface area contributed by atoms with E-state index in [4.69, 9.17) is 0 Å². The molecular formula is C22H18BrN3O3. The Morgan fingerprint density at radius 2 is 1.83 bits per heavy atom. The molecule has 0 radical (unpaired) electrons. The number of fused-ring (bicyclic) bond motifs is 7. The molecule has 0 aromatic heterocycles. The molecule has 4 aliphatic rings. The van der Waals surface area contributed by atoms with Crippen LogP contribution in [0.25, 0.3) is 0 Å². The van der Waals surface area contributed by atoms with E-state index in [1.165, 1.54) is 4.90 Å². The Bertz CT molecular complexity index is 1090. The number of imide groups is 1. The van der Waals surface area contributed by atoms with Gasteiger partial charge in [0.1, 0.15) is 5.54 Å². The van der Waals surface area contributed by atoms with Gasteiger partial charge in [0, 0.05) is 21.8 Å². The predicted octanol–water partition coefficient (Wildman–Crippen LogP) is 2.88. The second-order valence-electron chi connectivity index (χ2n) is 8.16. The van der Waals surface area contributed by atoms with Crippen molar-refractivity contribution >= 4 is 45.0 Å². The van der Waals surface area contributed by atoms with E-state index in [0.29, 0.717) is 12.2 Å². The Balaban J connectivity index is 1.58. The topological polar surface area (TPSA) is 69.7 Å². The van der Waals surface area contributed by atoms with E-state index >= 15 is 0 Å². The van der Waals surface area contributed by atoms with Gasteiger partial charge in [-0.05, 0) is 49.7 Å². The third-order valence-electron chi connectivity index (χ3n) is 6.97. The zero-order valence-corrected chi connectivity index (χ0v) is 17.1. The Kier molecular flexibility index (Phi) is 3.45. The van der Waals surface area contributed by atoms with Crippen LogP contribution in [0.2, 0.25) is 0 Å². The van der Waals surface area contributed by atoms with Crippen molar-refractivity contribution in [1.82, 2.24) is 4.90 Å². The fourth-order valence-electron chi connectivity index (χ4n) is 6.01. The quantitative estimate of drug-likeness (QED) is 0.676. The first kappa shape index (κ1) is 17.4. The number of amides is 3. The zero-order chi connectivity index (χ0) is 19.9. The Morgan fingerprint density at radius 3 is 2.62 bits per heavy atom. The number of nitrogens with zero attached hydrogens (tertiary/aromatic N) is 2. The summed E-state index contributed by atoms with van der Waals surface area (Å²) in [5.74, 6) is -1.86. The zero-order valence-electron chi connectivity index (χ0n) is 15.5. The number of anilines is 2. The van der Waals surface area contributed by atoms with Crippen LogP contribution in [-0.2, 0) is 19.9 Å². The van der Waals surface area contributed by atoms with Gasteiger partial charge in [-0.3, -0.25) is 19.3 Å². The molecule has 2 aromatic carbocycles. The van der Waals surface area contributed by atoms with Crippen LogP contribution >= 0.6 is 15.9 Å². The second-order valence-corrected chi connectivity index (χ2v) is 9.08. The number of rotatable bonds is 1. The largest absolute Gasteiger partial charge is 0.324 e. The van der Waals surface area contributed by atoms with E-state index in [2.05, 4.69) is 26.1 Å². The number of hydrogen-bond donors (Lipinski definition) is 1. The third kappa shape index (κ3) is 1.97. The van der Waals surface area contributed by atoms with Gasteiger partial charge < -0.3 is 5.32 Å². The molecule has 29 heavy (non-hydrogen) atoms. The van der Waals surface area contributed by atoms with E-state index in [-0.39, 0.29) is 23.8 Å². The summed E-state index contributed by atoms with van der Waals surface area (Å²) < 4.78 is 0.850. The second kappa shape index (κ2) is 5.77. The molecular weight excluding hydrogens is 434 g/mol. The molecule has 3 amide bonds. The van der Waals surface area contributed by atoms with Gasteiger partial charge in [0.25, 0.3) is 0 Å². The maximum atomic E-state index is 13.7. The van der Waals surface area contributed by atoms with Gasteiger partial charge in [0.05, 0.1) is 17.5 Å². The Labute approximate surface area is 176 Å². The summed E-state index contributed by atoms with van der Waals surface area (Å²) in [5, 5.41) is 2.99. The summed E-state index contributed by atoms with van der Waals surface area (Å²) >= 11 is 3.52. The molecule has 7 heteroatoms. The highest BCUT2D eigenvalue weighted by Gasteiger charge is 2.74. The summed E-state index contributed by atoms with van der Waals surface area (Å²) in [6.45, 7) is 0.711. The van der Waals surface area contributed by atoms with Gasteiger partial charge in [0.2, 0.25) is 17.7 Å². The van der Waals surface area contributed by atoms with E-state index in [0.717, 1.165) is 28.6 Å². The molecule has 1 spiro atoms. The van der Waals surface area contributed by atoms with Crippen LogP contribution < -0.4 is 10.2 Å². The first-order chi connectivity index (χ1) is 14.0. The van der Waals surface area contributed by atoms with Gasteiger partial charge in [0.15, 0.2) is 0 Å². The van der Waals surface area contributed by atoms with Crippen LogP contribution in [0.15, 0.2) is 53.0 Å². The summed E-state index contributed by atoms with van der Waals surface area (Å²) in [7, 11) is 0. The maximum Gasteiger partial charge on any atom is 0.250 e. The standard InChI is InChI=1S/C22H18BrN3O3/c23-12-8-9-15-14(11-12)22(21(29)24-15)18-17(16-7-4-10-25(16)22)19(27)26(20(18)28)13-5-2-1-3-6-13/h1-3,5-6,8-9,11,16-18H,4,7,10H2,(H,24,29)/t16-,17+,18-,22+/m0/s1. The van der Waals surface area contributed by atoms with Gasteiger partial charge >= 0.3 is 0 Å². The number of carbonyl (C=O) groups is 3. The van der Waals surface area contributed by atoms with Crippen LogP contribution in [0.3, 0.4) is 0 Å². The summed E-state index contributed by atoms with van der Waals surface area (Å²) in [6, 6.07) is 14.6. The number of hydrogen-bond acceptors (Lipinski definition) is 4. The first-order valence-electron chi connectivity index (χ1n) is 9.86. The average Bonchev–Trinajstić information content (AvgIpc) is 3.41. The summed E-state index contributed by atoms with van der Waals surface area (Å²) in [5.41, 5.74) is 0.973. The smallest absolute Gasteiger partial charge is 0.250 e. The van der Waals surface area contributed by atoms with Crippen molar-refractivity contribution in [2.24, 2.45) is 11.8 Å². The minimum atomic E-state index is -1.12. The molecule has 0 unspecified atom stereocenters. The molecule has 4 heterocycles. The lowest BCUT2D eigenvalue weighted by molar-refractivity contribution is -0.135. The molecule has 6 nitrogen and oxygen atoms in total. The van der Waals surface area contributed by atoms with Crippen LogP contribution in [0, 0.1) is 11.8 Å². The highest BCUT2D eigenvalue weighted by atomic mass is 79.9. The van der Waals surface area contributed by atoms with Crippen molar-refractivity contribution in [1.29, 1.82) is 0 Å². The van der Waals surface area contributed by atoms with Crippen molar-refractivity contribution in [3.8, 4) is 0 Å². The lowest BCUT2D eigenvalue weighted by atomic mass is 9.75.